The van der Waals surface area contributed by atoms with Gasteiger partial charge in [0.2, 0.25) is 5.91 Å². The van der Waals surface area contributed by atoms with Crippen molar-refractivity contribution >= 4 is 11.8 Å². The second kappa shape index (κ2) is 10.1. The van der Waals surface area contributed by atoms with Crippen LogP contribution in [0.5, 0.6) is 0 Å². The number of likely N-dealkylation sites (N-methyl/N-ethyl adjacent to an activating group) is 1. The molecule has 176 valence electrons. The van der Waals surface area contributed by atoms with Crippen molar-refractivity contribution in [2.24, 2.45) is 0 Å². The predicted molar refractivity (Wildman–Crippen MR) is 129 cm³/mol. The van der Waals surface area contributed by atoms with Crippen molar-refractivity contribution in [3.8, 4) is 0 Å². The van der Waals surface area contributed by atoms with Crippen LogP contribution >= 0.6 is 0 Å². The summed E-state index contributed by atoms with van der Waals surface area (Å²) < 4.78 is 6.43. The first-order valence-corrected chi connectivity index (χ1v) is 11.9. The topological polar surface area (TPSA) is 61.9 Å². The number of rotatable bonds is 5. The van der Waals surface area contributed by atoms with Gasteiger partial charge in [-0.05, 0) is 50.4 Å². The molecular formula is C27H35N3O3. The lowest BCUT2D eigenvalue weighted by Gasteiger charge is -2.48. The van der Waals surface area contributed by atoms with Gasteiger partial charge in [0.05, 0.1) is 12.0 Å². The van der Waals surface area contributed by atoms with Crippen LogP contribution in [0.3, 0.4) is 0 Å². The number of hydrogen-bond acceptors (Lipinski definition) is 4. The van der Waals surface area contributed by atoms with Crippen LogP contribution in [0.1, 0.15) is 35.1 Å². The van der Waals surface area contributed by atoms with Crippen LogP contribution < -0.4 is 5.32 Å². The lowest BCUT2D eigenvalue weighted by molar-refractivity contribution is -0.183. The number of nitrogens with one attached hydrogen (secondary N) is 1. The van der Waals surface area contributed by atoms with E-state index in [1.165, 1.54) is 5.56 Å². The third kappa shape index (κ3) is 5.81. The van der Waals surface area contributed by atoms with Crippen molar-refractivity contribution in [1.82, 2.24) is 15.1 Å². The van der Waals surface area contributed by atoms with Crippen LogP contribution in [0.25, 0.3) is 0 Å². The second-order valence-corrected chi connectivity index (χ2v) is 9.67. The average molecular weight is 450 g/mol. The summed E-state index contributed by atoms with van der Waals surface area (Å²) >= 11 is 0. The Hall–Kier alpha value is -2.70. The lowest BCUT2D eigenvalue weighted by atomic mass is 9.88. The number of hydrogen-bond donors (Lipinski definition) is 1. The smallest absolute Gasteiger partial charge is 0.250 e. The number of likely N-dealkylation sites (tertiary alicyclic amines) is 1. The minimum absolute atomic E-state index is 0.0699. The van der Waals surface area contributed by atoms with Gasteiger partial charge < -0.3 is 19.9 Å². The zero-order chi connectivity index (χ0) is 23.4. The molecule has 0 aliphatic carbocycles. The molecular weight excluding hydrogens is 414 g/mol. The molecule has 0 saturated carbocycles. The number of amides is 2. The van der Waals surface area contributed by atoms with E-state index < -0.39 is 6.10 Å². The van der Waals surface area contributed by atoms with Crippen LogP contribution in [-0.2, 0) is 27.3 Å². The number of nitrogens with zero attached hydrogens (tertiary/aromatic N) is 2. The average Bonchev–Trinajstić information content (AvgIpc) is 2.80. The van der Waals surface area contributed by atoms with Gasteiger partial charge in [0.1, 0.15) is 6.10 Å². The number of carbonyl (C=O) groups is 2. The Morgan fingerprint density at radius 3 is 2.45 bits per heavy atom. The predicted octanol–water partition coefficient (Wildman–Crippen LogP) is 2.85. The van der Waals surface area contributed by atoms with Crippen molar-refractivity contribution in [1.29, 1.82) is 0 Å². The van der Waals surface area contributed by atoms with Gasteiger partial charge >= 0.3 is 0 Å². The standard InChI is InChI=1S/C27H35N3O3/c1-20-8-10-22(11-9-20)17-28-26(32)24-18-29(3)19-27(33-24)12-14-30(15-13-27)25(31)16-23-7-5-4-6-21(23)2/h4-11,24H,12-19H2,1-3H3,(H,28,32). The molecule has 2 aromatic carbocycles. The minimum Gasteiger partial charge on any atom is -0.359 e. The number of carbonyl (C=O) groups excluding carboxylic acids is 2. The summed E-state index contributed by atoms with van der Waals surface area (Å²) in [6.07, 6.45) is 1.44. The van der Waals surface area contributed by atoms with Gasteiger partial charge in [-0.15, -0.1) is 0 Å². The normalized spacial score (nSPS) is 20.6. The van der Waals surface area contributed by atoms with Gasteiger partial charge in [0.25, 0.3) is 5.91 Å². The van der Waals surface area contributed by atoms with E-state index in [1.54, 1.807) is 0 Å². The molecule has 2 amide bonds. The molecule has 6 heteroatoms. The van der Waals surface area contributed by atoms with Gasteiger partial charge in [0, 0.05) is 32.7 Å². The molecule has 2 saturated heterocycles. The van der Waals surface area contributed by atoms with E-state index in [1.807, 2.05) is 55.3 Å². The fourth-order valence-corrected chi connectivity index (χ4v) is 4.88. The van der Waals surface area contributed by atoms with Crippen LogP contribution in [0.2, 0.25) is 0 Å². The molecule has 2 heterocycles. The van der Waals surface area contributed by atoms with Gasteiger partial charge in [-0.1, -0.05) is 54.1 Å². The van der Waals surface area contributed by atoms with Crippen LogP contribution in [0.4, 0.5) is 0 Å². The Balaban J connectivity index is 1.32. The number of morpholine rings is 1. The van der Waals surface area contributed by atoms with Gasteiger partial charge in [-0.2, -0.15) is 0 Å². The van der Waals surface area contributed by atoms with Crippen molar-refractivity contribution in [2.75, 3.05) is 33.2 Å². The Labute approximate surface area is 196 Å². The molecule has 1 spiro atoms. The largest absolute Gasteiger partial charge is 0.359 e. The van der Waals surface area contributed by atoms with Crippen molar-refractivity contribution in [3.05, 3.63) is 70.8 Å². The molecule has 33 heavy (non-hydrogen) atoms. The fourth-order valence-electron chi connectivity index (χ4n) is 4.88. The van der Waals surface area contributed by atoms with Crippen molar-refractivity contribution in [2.45, 2.75) is 51.4 Å². The van der Waals surface area contributed by atoms with E-state index in [4.69, 9.17) is 4.74 Å². The zero-order valence-corrected chi connectivity index (χ0v) is 20.0. The SMILES string of the molecule is Cc1ccc(CNC(=O)C2CN(C)CC3(CCN(C(=O)Cc4ccccc4C)CC3)O2)cc1. The summed E-state index contributed by atoms with van der Waals surface area (Å²) in [6, 6.07) is 16.2. The highest BCUT2D eigenvalue weighted by atomic mass is 16.5. The quantitative estimate of drug-likeness (QED) is 0.763. The summed E-state index contributed by atoms with van der Waals surface area (Å²) in [6.45, 7) is 7.29. The minimum atomic E-state index is -0.497. The Morgan fingerprint density at radius 1 is 1.06 bits per heavy atom. The number of aryl methyl sites for hydroxylation is 2. The number of benzene rings is 2. The summed E-state index contributed by atoms with van der Waals surface area (Å²) in [5.41, 5.74) is 4.14. The van der Waals surface area contributed by atoms with Crippen molar-refractivity contribution in [3.63, 3.8) is 0 Å². The van der Waals surface area contributed by atoms with E-state index in [-0.39, 0.29) is 17.4 Å². The lowest BCUT2D eigenvalue weighted by Crippen LogP contribution is -2.61. The van der Waals surface area contributed by atoms with E-state index in [2.05, 4.69) is 29.3 Å². The molecule has 1 atom stereocenters. The summed E-state index contributed by atoms with van der Waals surface area (Å²) in [5.74, 6) is 0.0928. The van der Waals surface area contributed by atoms with Gasteiger partial charge in [0.15, 0.2) is 0 Å². The summed E-state index contributed by atoms with van der Waals surface area (Å²) in [5, 5.41) is 3.04. The maximum atomic E-state index is 12.9. The first kappa shape index (κ1) is 23.5. The molecule has 0 radical (unpaired) electrons. The molecule has 2 fully saturated rings. The highest BCUT2D eigenvalue weighted by molar-refractivity contribution is 5.81. The Bertz CT molecular complexity index is 980. The molecule has 4 rings (SSSR count). The number of ether oxygens (including phenoxy) is 1. The molecule has 2 aliphatic rings. The first-order valence-electron chi connectivity index (χ1n) is 11.9. The molecule has 0 bridgehead atoms. The van der Waals surface area contributed by atoms with Gasteiger partial charge in [-0.3, -0.25) is 9.59 Å². The molecule has 2 aromatic rings. The van der Waals surface area contributed by atoms with Gasteiger partial charge in [-0.25, -0.2) is 0 Å². The maximum absolute atomic E-state index is 12.9. The second-order valence-electron chi connectivity index (χ2n) is 9.67. The number of piperidine rings is 1. The molecule has 1 unspecified atom stereocenters. The monoisotopic (exact) mass is 449 g/mol. The van der Waals surface area contributed by atoms with Crippen LogP contribution in [0.15, 0.2) is 48.5 Å². The highest BCUT2D eigenvalue weighted by Gasteiger charge is 2.44. The van der Waals surface area contributed by atoms with E-state index in [0.29, 0.717) is 32.6 Å². The summed E-state index contributed by atoms with van der Waals surface area (Å²) in [7, 11) is 2.04. The molecule has 0 aromatic heterocycles. The van der Waals surface area contributed by atoms with Crippen molar-refractivity contribution < 1.29 is 14.3 Å². The molecule has 1 N–H and O–H groups in total. The van der Waals surface area contributed by atoms with Crippen LogP contribution in [0, 0.1) is 13.8 Å². The van der Waals surface area contributed by atoms with Crippen LogP contribution in [-0.4, -0.2) is 66.5 Å². The van der Waals surface area contributed by atoms with E-state index in [0.717, 1.165) is 36.1 Å². The van der Waals surface area contributed by atoms with E-state index in [9.17, 15) is 9.59 Å². The molecule has 2 aliphatic heterocycles. The molecule has 6 nitrogen and oxygen atoms in total. The summed E-state index contributed by atoms with van der Waals surface area (Å²) in [4.78, 5) is 29.9. The maximum Gasteiger partial charge on any atom is 0.250 e. The Kier molecular flexibility index (Phi) is 7.15. The third-order valence-corrected chi connectivity index (χ3v) is 6.94. The Morgan fingerprint density at radius 2 is 1.76 bits per heavy atom. The van der Waals surface area contributed by atoms with E-state index >= 15 is 0 Å². The zero-order valence-electron chi connectivity index (χ0n) is 20.0. The first-order chi connectivity index (χ1) is 15.8. The highest BCUT2D eigenvalue weighted by Crippen LogP contribution is 2.32. The third-order valence-electron chi connectivity index (χ3n) is 6.94. The fraction of sp³-hybridized carbons (Fsp3) is 0.481.